The number of aliphatic hydroxyl groups excluding tert-OH is 1. The lowest BCUT2D eigenvalue weighted by atomic mass is 9.71. The molecule has 1 aromatic carbocycles. The van der Waals surface area contributed by atoms with Crippen molar-refractivity contribution in [2.45, 2.75) is 45.8 Å². The molecule has 2 saturated heterocycles. The first-order valence-corrected chi connectivity index (χ1v) is 11.5. The molecule has 1 aromatic rings. The monoisotopic (exact) mass is 447 g/mol. The van der Waals surface area contributed by atoms with Gasteiger partial charge in [-0.2, -0.15) is 0 Å². The lowest BCUT2D eigenvalue weighted by Crippen LogP contribution is -2.71. The fourth-order valence-electron chi connectivity index (χ4n) is 4.91. The van der Waals surface area contributed by atoms with Crippen molar-refractivity contribution in [1.29, 1.82) is 0 Å². The van der Waals surface area contributed by atoms with Gasteiger partial charge in [0.05, 0.1) is 12.1 Å². The van der Waals surface area contributed by atoms with E-state index >= 15 is 0 Å². The fourth-order valence-corrected chi connectivity index (χ4v) is 4.91. The van der Waals surface area contributed by atoms with Crippen LogP contribution in [0.25, 0.3) is 0 Å². The van der Waals surface area contributed by atoms with Gasteiger partial charge in [0.2, 0.25) is 0 Å². The molecule has 3 rings (SSSR count). The number of nitrogens with zero attached hydrogens (tertiary/aromatic N) is 3. The van der Waals surface area contributed by atoms with Crippen molar-refractivity contribution in [3.05, 3.63) is 35.9 Å². The van der Waals surface area contributed by atoms with Crippen LogP contribution in [-0.4, -0.2) is 88.5 Å². The molecule has 2 N–H and O–H groups in total. The van der Waals surface area contributed by atoms with Crippen LogP contribution in [0.1, 0.15) is 39.2 Å². The molecule has 178 valence electrons. The van der Waals surface area contributed by atoms with E-state index in [1.165, 1.54) is 4.90 Å². The number of benzene rings is 1. The summed E-state index contributed by atoms with van der Waals surface area (Å²) in [6.07, 6.45) is 0.535. The van der Waals surface area contributed by atoms with Gasteiger partial charge in [-0.1, -0.05) is 51.1 Å². The van der Waals surface area contributed by atoms with E-state index in [9.17, 15) is 19.8 Å². The largest absolute Gasteiger partial charge is 0.465 e. The summed E-state index contributed by atoms with van der Waals surface area (Å²) in [6.45, 7) is 9.77. The van der Waals surface area contributed by atoms with Crippen LogP contribution < -0.4 is 0 Å². The highest BCUT2D eigenvalue weighted by atomic mass is 16.6. The summed E-state index contributed by atoms with van der Waals surface area (Å²) in [7, 11) is 0. The Bertz CT molecular complexity index is 774. The predicted octanol–water partition coefficient (Wildman–Crippen LogP) is 3.11. The molecule has 0 aromatic heterocycles. The number of hydrogen-bond donors (Lipinski definition) is 2. The first-order chi connectivity index (χ1) is 15.2. The van der Waals surface area contributed by atoms with Crippen LogP contribution in [0.3, 0.4) is 0 Å². The Balaban J connectivity index is 1.51. The number of aliphatic hydroxyl groups is 1. The van der Waals surface area contributed by atoms with Crippen LogP contribution in [0.15, 0.2) is 30.3 Å². The lowest BCUT2D eigenvalue weighted by molar-refractivity contribution is -0.0870. The van der Waals surface area contributed by atoms with Crippen molar-refractivity contribution in [2.24, 2.45) is 11.3 Å². The molecule has 2 heterocycles. The topological polar surface area (TPSA) is 93.6 Å². The smallest absolute Gasteiger partial charge is 0.410 e. The van der Waals surface area contributed by atoms with Crippen molar-refractivity contribution in [2.75, 3.05) is 45.9 Å². The van der Waals surface area contributed by atoms with E-state index in [0.29, 0.717) is 38.6 Å². The van der Waals surface area contributed by atoms with Crippen molar-refractivity contribution < 1.29 is 24.5 Å². The van der Waals surface area contributed by atoms with E-state index in [2.05, 4.69) is 4.90 Å². The molecule has 0 bridgehead atoms. The molecular formula is C24H37N3O5. The highest BCUT2D eigenvalue weighted by molar-refractivity contribution is 5.68. The van der Waals surface area contributed by atoms with Gasteiger partial charge in [0.15, 0.2) is 0 Å². The Labute approximate surface area is 190 Å². The van der Waals surface area contributed by atoms with Gasteiger partial charge >= 0.3 is 12.2 Å². The third kappa shape index (κ3) is 5.35. The van der Waals surface area contributed by atoms with E-state index in [1.807, 2.05) is 51.1 Å². The maximum absolute atomic E-state index is 12.4. The van der Waals surface area contributed by atoms with Crippen molar-refractivity contribution >= 4 is 12.2 Å². The number of amides is 2. The minimum absolute atomic E-state index is 0.203. The first kappa shape index (κ1) is 24.3. The molecule has 1 atom stereocenters. The average molecular weight is 448 g/mol. The van der Waals surface area contributed by atoms with Crippen LogP contribution in [-0.2, 0) is 11.3 Å². The normalized spacial score (nSPS) is 23.2. The SMILES string of the molecule is CC(C)(C)C1(CO)CN(CC2CCN(C(=O)OCc3ccccc3)CC2)CCN1C(=O)O. The Hall–Kier alpha value is -2.32. The average Bonchev–Trinajstić information content (AvgIpc) is 2.77. The second-order valence-electron chi connectivity index (χ2n) is 10.1. The molecular weight excluding hydrogens is 410 g/mol. The maximum atomic E-state index is 12.4. The van der Waals surface area contributed by atoms with Gasteiger partial charge in [0, 0.05) is 39.3 Å². The molecule has 0 aliphatic carbocycles. The second kappa shape index (κ2) is 10.1. The fraction of sp³-hybridized carbons (Fsp3) is 0.667. The summed E-state index contributed by atoms with van der Waals surface area (Å²) in [5.41, 5.74) is -0.258. The summed E-state index contributed by atoms with van der Waals surface area (Å²) in [6, 6.07) is 9.66. The Kier molecular flexibility index (Phi) is 7.67. The quantitative estimate of drug-likeness (QED) is 0.720. The van der Waals surface area contributed by atoms with Gasteiger partial charge < -0.3 is 19.8 Å². The third-order valence-corrected chi connectivity index (χ3v) is 7.12. The van der Waals surface area contributed by atoms with Crippen molar-refractivity contribution in [3.8, 4) is 0 Å². The van der Waals surface area contributed by atoms with Crippen molar-refractivity contribution in [1.82, 2.24) is 14.7 Å². The molecule has 2 aliphatic heterocycles. The molecule has 2 aliphatic rings. The van der Waals surface area contributed by atoms with Crippen LogP contribution in [0, 0.1) is 11.3 Å². The lowest BCUT2D eigenvalue weighted by Gasteiger charge is -2.55. The van der Waals surface area contributed by atoms with E-state index in [4.69, 9.17) is 4.74 Å². The second-order valence-corrected chi connectivity index (χ2v) is 10.1. The third-order valence-electron chi connectivity index (χ3n) is 7.12. The molecule has 8 heteroatoms. The molecule has 8 nitrogen and oxygen atoms in total. The molecule has 0 spiro atoms. The summed E-state index contributed by atoms with van der Waals surface area (Å²) in [5, 5.41) is 20.0. The van der Waals surface area contributed by atoms with E-state index in [1.54, 1.807) is 4.90 Å². The highest BCUT2D eigenvalue weighted by Crippen LogP contribution is 2.39. The first-order valence-electron chi connectivity index (χ1n) is 11.5. The number of carbonyl (C=O) groups excluding carboxylic acids is 1. The van der Waals surface area contributed by atoms with Crippen LogP contribution in [0.4, 0.5) is 9.59 Å². The minimum atomic E-state index is -0.976. The Morgan fingerprint density at radius 2 is 1.75 bits per heavy atom. The van der Waals surface area contributed by atoms with Gasteiger partial charge in [-0.15, -0.1) is 0 Å². The molecule has 0 saturated carbocycles. The number of carboxylic acid groups (broad SMARTS) is 1. The number of hydrogen-bond acceptors (Lipinski definition) is 5. The summed E-state index contributed by atoms with van der Waals surface area (Å²) >= 11 is 0. The summed E-state index contributed by atoms with van der Waals surface area (Å²) < 4.78 is 5.45. The predicted molar refractivity (Wildman–Crippen MR) is 121 cm³/mol. The number of rotatable bonds is 5. The Morgan fingerprint density at radius 1 is 1.09 bits per heavy atom. The molecule has 2 fully saturated rings. The molecule has 1 unspecified atom stereocenters. The zero-order chi connectivity index (χ0) is 23.4. The number of ether oxygens (including phenoxy) is 1. The van der Waals surface area contributed by atoms with Gasteiger partial charge in [-0.25, -0.2) is 9.59 Å². The summed E-state index contributed by atoms with van der Waals surface area (Å²) in [5.74, 6) is 0.431. The van der Waals surface area contributed by atoms with Crippen LogP contribution in [0.5, 0.6) is 0 Å². The maximum Gasteiger partial charge on any atom is 0.410 e. The summed E-state index contributed by atoms with van der Waals surface area (Å²) in [4.78, 5) is 29.8. The Morgan fingerprint density at radius 3 is 2.31 bits per heavy atom. The van der Waals surface area contributed by atoms with E-state index < -0.39 is 17.0 Å². The zero-order valence-corrected chi connectivity index (χ0v) is 19.5. The van der Waals surface area contributed by atoms with E-state index in [0.717, 1.165) is 24.9 Å². The van der Waals surface area contributed by atoms with Gasteiger partial charge in [-0.05, 0) is 29.7 Å². The van der Waals surface area contributed by atoms with Crippen LogP contribution in [0.2, 0.25) is 0 Å². The standard InChI is InChI=1S/C24H37N3O5/c1-23(2,3)24(18-28)17-25(13-14-27(24)21(29)30)15-19-9-11-26(12-10-19)22(31)32-16-20-7-5-4-6-8-20/h4-8,19,28H,9-18H2,1-3H3,(H,29,30). The van der Waals surface area contributed by atoms with E-state index in [-0.39, 0.29) is 19.3 Å². The highest BCUT2D eigenvalue weighted by Gasteiger charge is 2.52. The van der Waals surface area contributed by atoms with Crippen LogP contribution >= 0.6 is 0 Å². The molecule has 32 heavy (non-hydrogen) atoms. The van der Waals surface area contributed by atoms with Gasteiger partial charge in [0.1, 0.15) is 6.61 Å². The number of carbonyl (C=O) groups is 2. The van der Waals surface area contributed by atoms with Gasteiger partial charge in [-0.3, -0.25) is 9.80 Å². The molecule has 0 radical (unpaired) electrons. The minimum Gasteiger partial charge on any atom is -0.465 e. The number of likely N-dealkylation sites (tertiary alicyclic amines) is 1. The van der Waals surface area contributed by atoms with Crippen molar-refractivity contribution in [3.63, 3.8) is 0 Å². The number of piperidine rings is 1. The zero-order valence-electron chi connectivity index (χ0n) is 19.5. The van der Waals surface area contributed by atoms with Gasteiger partial charge in [0.25, 0.3) is 0 Å². The molecule has 2 amide bonds. The number of piperazine rings is 1.